The highest BCUT2D eigenvalue weighted by molar-refractivity contribution is 6.04. The van der Waals surface area contributed by atoms with Crippen LogP contribution in [0.4, 0.5) is 0 Å². The molecular weight excluding hydrogens is 264 g/mol. The van der Waals surface area contributed by atoms with Crippen molar-refractivity contribution in [3.63, 3.8) is 0 Å². The van der Waals surface area contributed by atoms with Crippen molar-refractivity contribution in [3.05, 3.63) is 35.8 Å². The predicted octanol–water partition coefficient (Wildman–Crippen LogP) is 2.83. The molecule has 5 nitrogen and oxygen atoms in total. The zero-order valence-corrected chi connectivity index (χ0v) is 13.3. The van der Waals surface area contributed by atoms with Gasteiger partial charge in [-0.3, -0.25) is 4.79 Å². The summed E-state index contributed by atoms with van der Waals surface area (Å²) in [6.45, 7) is 6.20. The van der Waals surface area contributed by atoms with E-state index in [2.05, 4.69) is 30.9 Å². The number of rotatable bonds is 5. The molecule has 0 atom stereocenters. The van der Waals surface area contributed by atoms with E-state index in [0.717, 1.165) is 23.1 Å². The topological polar surface area (TPSA) is 51.0 Å². The molecule has 2 heterocycles. The molecule has 2 aromatic rings. The van der Waals surface area contributed by atoms with E-state index in [0.29, 0.717) is 5.69 Å². The van der Waals surface area contributed by atoms with Crippen LogP contribution in [0.2, 0.25) is 0 Å². The predicted molar refractivity (Wildman–Crippen MR) is 84.4 cm³/mol. The van der Waals surface area contributed by atoms with Crippen LogP contribution in [0.5, 0.6) is 0 Å². The molecule has 0 fully saturated rings. The second-order valence-electron chi connectivity index (χ2n) is 5.55. The molecule has 112 valence electrons. The Balaban J connectivity index is 2.50. The molecule has 0 bridgehead atoms. The number of hydrogen-bond acceptors (Lipinski definition) is 4. The fourth-order valence-corrected chi connectivity index (χ4v) is 2.14. The smallest absolute Gasteiger partial charge is 0.205 e. The van der Waals surface area contributed by atoms with E-state index >= 15 is 0 Å². The van der Waals surface area contributed by atoms with Crippen LogP contribution in [-0.2, 0) is 6.42 Å². The summed E-state index contributed by atoms with van der Waals surface area (Å²) in [6, 6.07) is 3.93. The largest absolute Gasteiger partial charge is 0.383 e. The van der Waals surface area contributed by atoms with Crippen molar-refractivity contribution in [1.29, 1.82) is 0 Å². The van der Waals surface area contributed by atoms with E-state index in [1.54, 1.807) is 12.3 Å². The molecule has 0 aliphatic heterocycles. The summed E-state index contributed by atoms with van der Waals surface area (Å²) >= 11 is 0. The molecule has 2 rings (SSSR count). The average molecular weight is 286 g/mol. The molecule has 5 heteroatoms. The fourth-order valence-electron chi connectivity index (χ4n) is 2.14. The first-order chi connectivity index (χ1) is 9.93. The van der Waals surface area contributed by atoms with Crippen molar-refractivity contribution in [2.24, 2.45) is 0 Å². The van der Waals surface area contributed by atoms with Gasteiger partial charge in [-0.1, -0.05) is 6.92 Å². The summed E-state index contributed by atoms with van der Waals surface area (Å²) in [5.41, 5.74) is 2.25. The SMILES string of the molecule is CCc1nn(C(C)C)c2nc(C(=O)/C=C/N(C)C)ccc12. The summed E-state index contributed by atoms with van der Waals surface area (Å²) in [6.07, 6.45) is 4.11. The van der Waals surface area contributed by atoms with Gasteiger partial charge in [0.15, 0.2) is 5.65 Å². The van der Waals surface area contributed by atoms with Crippen LogP contribution in [-0.4, -0.2) is 39.5 Å². The number of aryl methyl sites for hydroxylation is 1. The summed E-state index contributed by atoms with van der Waals surface area (Å²) in [7, 11) is 3.75. The van der Waals surface area contributed by atoms with Crippen LogP contribution in [0.1, 0.15) is 43.0 Å². The minimum absolute atomic E-state index is 0.0971. The van der Waals surface area contributed by atoms with Gasteiger partial charge in [-0.25, -0.2) is 9.67 Å². The summed E-state index contributed by atoms with van der Waals surface area (Å²) < 4.78 is 1.89. The Bertz CT molecular complexity index is 683. The maximum atomic E-state index is 12.1. The summed E-state index contributed by atoms with van der Waals surface area (Å²) in [4.78, 5) is 18.5. The number of pyridine rings is 1. The van der Waals surface area contributed by atoms with E-state index in [9.17, 15) is 4.79 Å². The molecule has 0 unspecified atom stereocenters. The van der Waals surface area contributed by atoms with Crippen LogP contribution in [0.15, 0.2) is 24.4 Å². The van der Waals surface area contributed by atoms with Crippen LogP contribution in [0, 0.1) is 0 Å². The van der Waals surface area contributed by atoms with Crippen molar-refractivity contribution in [1.82, 2.24) is 19.7 Å². The normalized spacial score (nSPS) is 11.7. The lowest BCUT2D eigenvalue weighted by molar-refractivity contribution is 0.104. The third kappa shape index (κ3) is 3.12. The first-order valence-electron chi connectivity index (χ1n) is 7.21. The lowest BCUT2D eigenvalue weighted by Crippen LogP contribution is -2.07. The number of fused-ring (bicyclic) bond motifs is 1. The first-order valence-corrected chi connectivity index (χ1v) is 7.21. The Morgan fingerprint density at radius 3 is 2.67 bits per heavy atom. The number of aromatic nitrogens is 3. The highest BCUT2D eigenvalue weighted by Crippen LogP contribution is 2.21. The van der Waals surface area contributed by atoms with E-state index in [1.165, 1.54) is 6.08 Å². The summed E-state index contributed by atoms with van der Waals surface area (Å²) in [5, 5.41) is 5.63. The molecule has 0 saturated heterocycles. The molecule has 0 N–H and O–H groups in total. The van der Waals surface area contributed by atoms with Gasteiger partial charge in [-0.15, -0.1) is 0 Å². The maximum Gasteiger partial charge on any atom is 0.205 e. The first kappa shape index (κ1) is 15.2. The van der Waals surface area contributed by atoms with Crippen molar-refractivity contribution >= 4 is 16.8 Å². The van der Waals surface area contributed by atoms with Gasteiger partial charge in [0.25, 0.3) is 0 Å². The van der Waals surface area contributed by atoms with Crippen molar-refractivity contribution in [2.75, 3.05) is 14.1 Å². The molecular formula is C16H22N4O. The third-order valence-electron chi connectivity index (χ3n) is 3.23. The second-order valence-corrected chi connectivity index (χ2v) is 5.55. The number of nitrogens with zero attached hydrogens (tertiary/aromatic N) is 4. The molecule has 21 heavy (non-hydrogen) atoms. The lowest BCUT2D eigenvalue weighted by atomic mass is 10.2. The van der Waals surface area contributed by atoms with Gasteiger partial charge in [-0.2, -0.15) is 5.10 Å². The van der Waals surface area contributed by atoms with Crippen molar-refractivity contribution in [2.45, 2.75) is 33.2 Å². The van der Waals surface area contributed by atoms with Gasteiger partial charge >= 0.3 is 0 Å². The van der Waals surface area contributed by atoms with Crippen LogP contribution in [0.3, 0.4) is 0 Å². The van der Waals surface area contributed by atoms with Crippen molar-refractivity contribution < 1.29 is 4.79 Å². The Morgan fingerprint density at radius 1 is 1.38 bits per heavy atom. The van der Waals surface area contributed by atoms with Crippen LogP contribution >= 0.6 is 0 Å². The number of allylic oxidation sites excluding steroid dienone is 1. The van der Waals surface area contributed by atoms with Crippen LogP contribution in [0.25, 0.3) is 11.0 Å². The minimum Gasteiger partial charge on any atom is -0.383 e. The minimum atomic E-state index is -0.0971. The van der Waals surface area contributed by atoms with Crippen LogP contribution < -0.4 is 0 Å². The quantitative estimate of drug-likeness (QED) is 0.626. The fraction of sp³-hybridized carbons (Fsp3) is 0.438. The monoisotopic (exact) mass is 286 g/mol. The standard InChI is InChI=1S/C16H22N4O/c1-6-13-12-7-8-14(15(21)9-10-19(4)5)17-16(12)20(18-13)11(2)3/h7-11H,6H2,1-5H3/b10-9+. The van der Waals surface area contributed by atoms with E-state index in [4.69, 9.17) is 0 Å². The van der Waals surface area contributed by atoms with Gasteiger partial charge in [0, 0.05) is 37.8 Å². The molecule has 2 aromatic heterocycles. The van der Waals surface area contributed by atoms with Crippen molar-refractivity contribution in [3.8, 4) is 0 Å². The van der Waals surface area contributed by atoms with E-state index in [-0.39, 0.29) is 11.8 Å². The number of ketones is 1. The Hall–Kier alpha value is -2.17. The summed E-state index contributed by atoms with van der Waals surface area (Å²) in [5.74, 6) is -0.0971. The average Bonchev–Trinajstić information content (AvgIpc) is 2.82. The molecule has 0 spiro atoms. The number of hydrogen-bond donors (Lipinski definition) is 0. The van der Waals surface area contributed by atoms with Gasteiger partial charge in [-0.05, 0) is 32.4 Å². The Kier molecular flexibility index (Phi) is 4.40. The van der Waals surface area contributed by atoms with Gasteiger partial charge in [0.2, 0.25) is 5.78 Å². The van der Waals surface area contributed by atoms with Gasteiger partial charge in [0.1, 0.15) is 5.69 Å². The molecule has 0 radical (unpaired) electrons. The molecule has 0 aliphatic rings. The zero-order valence-electron chi connectivity index (χ0n) is 13.3. The highest BCUT2D eigenvalue weighted by Gasteiger charge is 2.15. The third-order valence-corrected chi connectivity index (χ3v) is 3.23. The second kappa shape index (κ2) is 6.08. The highest BCUT2D eigenvalue weighted by atomic mass is 16.1. The Labute approximate surface area is 125 Å². The van der Waals surface area contributed by atoms with Gasteiger partial charge in [0.05, 0.1) is 5.69 Å². The number of carbonyl (C=O) groups excluding carboxylic acids is 1. The Morgan fingerprint density at radius 2 is 2.10 bits per heavy atom. The maximum absolute atomic E-state index is 12.1. The molecule has 0 saturated carbocycles. The van der Waals surface area contributed by atoms with E-state index in [1.807, 2.05) is 29.7 Å². The molecule has 0 aromatic carbocycles. The molecule has 0 aliphatic carbocycles. The molecule has 0 amide bonds. The zero-order chi connectivity index (χ0) is 15.6. The van der Waals surface area contributed by atoms with E-state index < -0.39 is 0 Å². The number of carbonyl (C=O) groups is 1. The lowest BCUT2D eigenvalue weighted by Gasteiger charge is -2.06. The van der Waals surface area contributed by atoms with Gasteiger partial charge < -0.3 is 4.90 Å².